The van der Waals surface area contributed by atoms with Gasteiger partial charge >= 0.3 is 0 Å². The van der Waals surface area contributed by atoms with E-state index >= 15 is 0 Å². The molecule has 0 aliphatic carbocycles. The minimum Gasteiger partial charge on any atom is -0.485 e. The summed E-state index contributed by atoms with van der Waals surface area (Å²) in [5.41, 5.74) is 0. The van der Waals surface area contributed by atoms with Gasteiger partial charge in [-0.05, 0) is 31.4 Å². The van der Waals surface area contributed by atoms with Crippen molar-refractivity contribution >= 4 is 5.91 Å². The van der Waals surface area contributed by atoms with E-state index in [2.05, 4.69) is 10.1 Å². The van der Waals surface area contributed by atoms with Crippen LogP contribution >= 0.6 is 0 Å². The molecular formula is C19H25N3O3. The molecule has 0 spiro atoms. The molecule has 3 rings (SSSR count). The van der Waals surface area contributed by atoms with Gasteiger partial charge in [0.25, 0.3) is 0 Å². The summed E-state index contributed by atoms with van der Waals surface area (Å²) >= 11 is 0. The fraction of sp³-hybridized carbons (Fsp3) is 0.526. The third kappa shape index (κ3) is 4.38. The number of hydrogen-bond donors (Lipinski definition) is 0. The molecule has 1 aromatic carbocycles. The summed E-state index contributed by atoms with van der Waals surface area (Å²) in [6.07, 6.45) is 2.79. The van der Waals surface area contributed by atoms with Gasteiger partial charge in [0.1, 0.15) is 5.75 Å². The summed E-state index contributed by atoms with van der Waals surface area (Å²) in [5.74, 6) is 2.31. The highest BCUT2D eigenvalue weighted by atomic mass is 16.5. The number of para-hydroxylation sites is 1. The second kappa shape index (κ2) is 8.14. The normalized spacial score (nSPS) is 18.8. The van der Waals surface area contributed by atoms with Gasteiger partial charge in [0.2, 0.25) is 17.6 Å². The lowest BCUT2D eigenvalue weighted by Crippen LogP contribution is -2.41. The SMILES string of the molecule is CC[C@H](C)C(=O)N1CCC[C@@H](c2nc(COc3ccccc3)no2)C1. The van der Waals surface area contributed by atoms with Gasteiger partial charge in [0, 0.05) is 19.0 Å². The second-order valence-electron chi connectivity index (χ2n) is 6.58. The lowest BCUT2D eigenvalue weighted by molar-refractivity contribution is -0.136. The molecule has 1 aliphatic rings. The molecule has 0 N–H and O–H groups in total. The van der Waals surface area contributed by atoms with E-state index in [9.17, 15) is 4.79 Å². The van der Waals surface area contributed by atoms with Gasteiger partial charge in [-0.15, -0.1) is 0 Å². The van der Waals surface area contributed by atoms with E-state index < -0.39 is 0 Å². The molecule has 0 radical (unpaired) electrons. The number of rotatable bonds is 6. The van der Waals surface area contributed by atoms with Crippen molar-refractivity contribution in [1.29, 1.82) is 0 Å². The van der Waals surface area contributed by atoms with Crippen LogP contribution in [0.3, 0.4) is 0 Å². The van der Waals surface area contributed by atoms with Crippen molar-refractivity contribution < 1.29 is 14.1 Å². The summed E-state index contributed by atoms with van der Waals surface area (Å²) < 4.78 is 11.1. The zero-order valence-corrected chi connectivity index (χ0v) is 14.9. The lowest BCUT2D eigenvalue weighted by atomic mass is 9.96. The Bertz CT molecular complexity index is 686. The molecule has 0 saturated carbocycles. The number of nitrogens with zero attached hydrogens (tertiary/aromatic N) is 3. The van der Waals surface area contributed by atoms with Crippen LogP contribution in [-0.2, 0) is 11.4 Å². The highest BCUT2D eigenvalue weighted by molar-refractivity contribution is 5.78. The number of carbonyl (C=O) groups is 1. The number of amides is 1. The molecule has 1 fully saturated rings. The van der Waals surface area contributed by atoms with Gasteiger partial charge in [0.15, 0.2) is 6.61 Å². The van der Waals surface area contributed by atoms with Crippen LogP contribution in [-0.4, -0.2) is 34.0 Å². The summed E-state index contributed by atoms with van der Waals surface area (Å²) in [7, 11) is 0. The van der Waals surface area contributed by atoms with E-state index in [1.165, 1.54) is 0 Å². The topological polar surface area (TPSA) is 68.5 Å². The summed E-state index contributed by atoms with van der Waals surface area (Å²) in [5, 5.41) is 4.01. The minimum absolute atomic E-state index is 0.0660. The van der Waals surface area contributed by atoms with E-state index in [0.717, 1.165) is 31.6 Å². The Morgan fingerprint density at radius 1 is 1.40 bits per heavy atom. The van der Waals surface area contributed by atoms with Crippen LogP contribution < -0.4 is 4.74 Å². The smallest absolute Gasteiger partial charge is 0.231 e. The van der Waals surface area contributed by atoms with Crippen molar-refractivity contribution in [2.45, 2.75) is 45.6 Å². The van der Waals surface area contributed by atoms with Gasteiger partial charge in [-0.25, -0.2) is 0 Å². The standard InChI is InChI=1S/C19H25N3O3/c1-3-14(2)19(23)22-11-7-8-15(12-22)18-20-17(21-25-18)13-24-16-9-5-4-6-10-16/h4-6,9-10,14-15H,3,7-8,11-13H2,1-2H3/t14-,15+/m0/s1. The third-order valence-electron chi connectivity index (χ3n) is 4.71. The van der Waals surface area contributed by atoms with Crippen LogP contribution in [0.2, 0.25) is 0 Å². The molecule has 2 atom stereocenters. The lowest BCUT2D eigenvalue weighted by Gasteiger charge is -2.32. The first-order chi connectivity index (χ1) is 12.2. The third-order valence-corrected chi connectivity index (χ3v) is 4.71. The van der Waals surface area contributed by atoms with Crippen LogP contribution in [0, 0.1) is 5.92 Å². The molecule has 6 heteroatoms. The first-order valence-corrected chi connectivity index (χ1v) is 8.96. The zero-order chi connectivity index (χ0) is 17.6. The van der Waals surface area contributed by atoms with Gasteiger partial charge in [-0.2, -0.15) is 4.98 Å². The first-order valence-electron chi connectivity index (χ1n) is 8.96. The Morgan fingerprint density at radius 3 is 2.96 bits per heavy atom. The fourth-order valence-corrected chi connectivity index (χ4v) is 3.02. The van der Waals surface area contributed by atoms with Crippen LogP contribution in [0.5, 0.6) is 5.75 Å². The average Bonchev–Trinajstić information content (AvgIpc) is 3.15. The number of aromatic nitrogens is 2. The molecule has 25 heavy (non-hydrogen) atoms. The summed E-state index contributed by atoms with van der Waals surface area (Å²) in [6, 6.07) is 9.56. The molecule has 0 bridgehead atoms. The van der Waals surface area contributed by atoms with Crippen LogP contribution in [0.1, 0.15) is 50.7 Å². The number of benzene rings is 1. The molecule has 2 heterocycles. The predicted octanol–water partition coefficient (Wildman–Crippen LogP) is 3.40. The Kier molecular flexibility index (Phi) is 5.68. The Hall–Kier alpha value is -2.37. The highest BCUT2D eigenvalue weighted by Crippen LogP contribution is 2.27. The van der Waals surface area contributed by atoms with Gasteiger partial charge in [0.05, 0.1) is 5.92 Å². The molecule has 1 aromatic heterocycles. The van der Waals surface area contributed by atoms with Crippen LogP contribution in [0.4, 0.5) is 0 Å². The van der Waals surface area contributed by atoms with Gasteiger partial charge in [-0.3, -0.25) is 4.79 Å². The van der Waals surface area contributed by atoms with Gasteiger partial charge in [-0.1, -0.05) is 37.2 Å². The summed E-state index contributed by atoms with van der Waals surface area (Å²) in [4.78, 5) is 18.8. The molecule has 2 aromatic rings. The quantitative estimate of drug-likeness (QED) is 0.804. The van der Waals surface area contributed by atoms with Crippen LogP contribution in [0.25, 0.3) is 0 Å². The van der Waals surface area contributed by atoms with Gasteiger partial charge < -0.3 is 14.2 Å². The zero-order valence-electron chi connectivity index (χ0n) is 14.9. The number of piperidine rings is 1. The largest absolute Gasteiger partial charge is 0.485 e. The molecule has 1 aliphatic heterocycles. The van der Waals surface area contributed by atoms with E-state index in [1.807, 2.05) is 49.1 Å². The minimum atomic E-state index is 0.0660. The number of ether oxygens (including phenoxy) is 1. The van der Waals surface area contributed by atoms with Crippen molar-refractivity contribution in [2.75, 3.05) is 13.1 Å². The molecular weight excluding hydrogens is 318 g/mol. The number of likely N-dealkylation sites (tertiary alicyclic amines) is 1. The molecule has 134 valence electrons. The Morgan fingerprint density at radius 2 is 2.20 bits per heavy atom. The van der Waals surface area contributed by atoms with E-state index in [1.54, 1.807) is 0 Å². The van der Waals surface area contributed by atoms with E-state index in [-0.39, 0.29) is 24.3 Å². The van der Waals surface area contributed by atoms with Crippen molar-refractivity contribution in [3.05, 3.63) is 42.0 Å². The summed E-state index contributed by atoms with van der Waals surface area (Å²) in [6.45, 7) is 5.77. The average molecular weight is 343 g/mol. The molecule has 1 saturated heterocycles. The number of hydrogen-bond acceptors (Lipinski definition) is 5. The Labute approximate surface area is 148 Å². The molecule has 1 amide bonds. The predicted molar refractivity (Wildman–Crippen MR) is 93.1 cm³/mol. The van der Waals surface area contributed by atoms with Crippen molar-refractivity contribution in [3.8, 4) is 5.75 Å². The van der Waals surface area contributed by atoms with E-state index in [4.69, 9.17) is 9.26 Å². The maximum Gasteiger partial charge on any atom is 0.231 e. The fourth-order valence-electron chi connectivity index (χ4n) is 3.02. The maximum atomic E-state index is 12.4. The second-order valence-corrected chi connectivity index (χ2v) is 6.58. The first kappa shape index (κ1) is 17.5. The van der Waals surface area contributed by atoms with Crippen molar-refractivity contribution in [2.24, 2.45) is 5.92 Å². The Balaban J connectivity index is 1.58. The molecule has 0 unspecified atom stereocenters. The van der Waals surface area contributed by atoms with Crippen molar-refractivity contribution in [1.82, 2.24) is 15.0 Å². The highest BCUT2D eigenvalue weighted by Gasteiger charge is 2.30. The number of carbonyl (C=O) groups excluding carboxylic acids is 1. The molecule has 6 nitrogen and oxygen atoms in total. The monoisotopic (exact) mass is 343 g/mol. The van der Waals surface area contributed by atoms with E-state index in [0.29, 0.717) is 18.3 Å². The van der Waals surface area contributed by atoms with Crippen molar-refractivity contribution in [3.63, 3.8) is 0 Å². The van der Waals surface area contributed by atoms with Crippen LogP contribution in [0.15, 0.2) is 34.9 Å². The maximum absolute atomic E-state index is 12.4.